The van der Waals surface area contributed by atoms with Gasteiger partial charge in [-0.25, -0.2) is 0 Å². The summed E-state index contributed by atoms with van der Waals surface area (Å²) >= 11 is 0. The lowest BCUT2D eigenvalue weighted by Gasteiger charge is -2.16. The van der Waals surface area contributed by atoms with Crippen LogP contribution in [-0.2, 0) is 16.1 Å². The van der Waals surface area contributed by atoms with E-state index < -0.39 is 5.82 Å². The first kappa shape index (κ1) is 25.2. The van der Waals surface area contributed by atoms with Crippen LogP contribution in [0.4, 0.5) is 0 Å². The molecule has 0 fully saturated rings. The molecule has 1 atom stereocenters. The zero-order valence-corrected chi connectivity index (χ0v) is 18.3. The van der Waals surface area contributed by atoms with Crippen LogP contribution in [0, 0.1) is 0 Å². The lowest BCUT2D eigenvalue weighted by molar-refractivity contribution is -0.144. The predicted molar refractivity (Wildman–Crippen MR) is 118 cm³/mol. The smallest absolute Gasteiger partial charge is 0.300 e. The third-order valence-corrected chi connectivity index (χ3v) is 6.93. The Morgan fingerprint density at radius 1 is 0.962 bits per heavy atom. The molecule has 0 aliphatic heterocycles. The van der Waals surface area contributed by atoms with Crippen LogP contribution < -0.4 is 0 Å². The molecule has 1 aromatic carbocycles. The number of hydrogen-bond donors (Lipinski definition) is 0. The lowest BCUT2D eigenvalue weighted by Crippen LogP contribution is -2.09. The highest BCUT2D eigenvalue weighted by atomic mass is 31.1. The van der Waals surface area contributed by atoms with Crippen LogP contribution in [0.1, 0.15) is 71.8 Å². The van der Waals surface area contributed by atoms with Crippen LogP contribution in [0.25, 0.3) is 0 Å². The minimum Gasteiger partial charge on any atom is -0.461 e. The van der Waals surface area contributed by atoms with E-state index in [-0.39, 0.29) is 5.97 Å². The largest absolute Gasteiger partial charge is 0.461 e. The highest BCUT2D eigenvalue weighted by Crippen LogP contribution is 2.38. The van der Waals surface area contributed by atoms with Gasteiger partial charge in [-0.05, 0) is 43.3 Å². The number of rotatable bonds is 12. The van der Waals surface area contributed by atoms with Crippen molar-refractivity contribution in [2.24, 2.45) is 0 Å². The molecule has 0 aromatic heterocycles. The minimum absolute atomic E-state index is 0.293. The summed E-state index contributed by atoms with van der Waals surface area (Å²) in [5.41, 5.74) is 0.969. The Bertz CT molecular complexity index is 418. The Hall–Kier alpha value is -0.815. The second kappa shape index (κ2) is 17.6. The Morgan fingerprint density at radius 2 is 1.42 bits per heavy atom. The quantitative estimate of drug-likeness (QED) is 0.234. The monoisotopic (exact) mass is 376 g/mol. The van der Waals surface area contributed by atoms with E-state index in [9.17, 15) is 4.79 Å². The molecule has 0 N–H and O–H groups in total. The molecule has 0 aliphatic rings. The average Bonchev–Trinajstić information content (AvgIpc) is 2.66. The van der Waals surface area contributed by atoms with Crippen molar-refractivity contribution >= 4 is 21.7 Å². The normalized spacial score (nSPS) is 11.6. The Labute approximate surface area is 164 Å². The highest BCUT2D eigenvalue weighted by molar-refractivity contribution is 7.57. The van der Waals surface area contributed by atoms with Crippen molar-refractivity contribution in [1.29, 1.82) is 0 Å². The molecule has 0 amide bonds. The van der Waals surface area contributed by atoms with E-state index in [1.54, 1.807) is 25.4 Å². The average molecular weight is 376 g/mol. The summed E-state index contributed by atoms with van der Waals surface area (Å²) in [7, 11) is 5.75. The van der Waals surface area contributed by atoms with Crippen molar-refractivity contribution < 1.29 is 9.53 Å². The highest BCUT2D eigenvalue weighted by Gasteiger charge is 2.07. The first-order valence-electron chi connectivity index (χ1n) is 10.2. The van der Waals surface area contributed by atoms with Crippen molar-refractivity contribution in [3.8, 4) is 0 Å². The Balaban J connectivity index is 0.000000481. The summed E-state index contributed by atoms with van der Waals surface area (Å²) in [5, 5.41) is 0. The van der Waals surface area contributed by atoms with Gasteiger partial charge in [-0.2, -0.15) is 0 Å². The zero-order valence-electron chi connectivity index (χ0n) is 17.4. The maximum absolute atomic E-state index is 11.0. The third kappa shape index (κ3) is 14.4. The molecule has 0 saturated heterocycles. The summed E-state index contributed by atoms with van der Waals surface area (Å²) in [4.78, 5) is 11.0. The van der Waals surface area contributed by atoms with Gasteiger partial charge in [0.25, 0.3) is 5.97 Å². The fourth-order valence-electron chi connectivity index (χ4n) is 2.34. The SMILES string of the molecule is CCCCP(CCCC)CCCC.[B]C(C)C(=O)OCc1ccccc1. The molecular formula is C22H38BO2P. The van der Waals surface area contributed by atoms with Gasteiger partial charge in [0.15, 0.2) is 0 Å². The van der Waals surface area contributed by atoms with Gasteiger partial charge in [-0.1, -0.05) is 77.3 Å². The number of carbonyl (C=O) groups is 1. The first-order chi connectivity index (χ1) is 12.5. The maximum Gasteiger partial charge on any atom is 0.300 e. The molecule has 0 spiro atoms. The van der Waals surface area contributed by atoms with Gasteiger partial charge in [-0.3, -0.25) is 4.79 Å². The Morgan fingerprint density at radius 3 is 1.81 bits per heavy atom. The Kier molecular flexibility index (Phi) is 17.0. The van der Waals surface area contributed by atoms with Crippen LogP contribution in [0.3, 0.4) is 0 Å². The molecule has 1 aromatic rings. The number of esters is 1. The van der Waals surface area contributed by atoms with E-state index in [1.807, 2.05) is 30.3 Å². The zero-order chi connectivity index (χ0) is 19.6. The van der Waals surface area contributed by atoms with Crippen molar-refractivity contribution in [3.05, 3.63) is 35.9 Å². The number of benzene rings is 1. The van der Waals surface area contributed by atoms with E-state index in [2.05, 4.69) is 20.8 Å². The van der Waals surface area contributed by atoms with E-state index in [0.29, 0.717) is 14.5 Å². The number of hydrogen-bond acceptors (Lipinski definition) is 2. The van der Waals surface area contributed by atoms with Crippen LogP contribution >= 0.6 is 7.92 Å². The van der Waals surface area contributed by atoms with Gasteiger partial charge in [0, 0.05) is 5.82 Å². The number of ether oxygens (including phenoxy) is 1. The molecule has 1 unspecified atom stereocenters. The number of carbonyl (C=O) groups excluding carboxylic acids is 1. The molecule has 0 saturated carbocycles. The van der Waals surface area contributed by atoms with Gasteiger partial charge in [-0.15, -0.1) is 7.92 Å². The topological polar surface area (TPSA) is 26.3 Å². The first-order valence-corrected chi connectivity index (χ1v) is 12.1. The maximum atomic E-state index is 11.0. The summed E-state index contributed by atoms with van der Waals surface area (Å²) in [6.45, 7) is 8.84. The van der Waals surface area contributed by atoms with Gasteiger partial charge in [0.2, 0.25) is 0 Å². The van der Waals surface area contributed by atoms with E-state index in [0.717, 1.165) is 5.56 Å². The van der Waals surface area contributed by atoms with E-state index >= 15 is 0 Å². The molecule has 4 heteroatoms. The summed E-state index contributed by atoms with van der Waals surface area (Å²) in [5.74, 6) is -0.924. The van der Waals surface area contributed by atoms with E-state index in [4.69, 9.17) is 12.6 Å². The lowest BCUT2D eigenvalue weighted by atomic mass is 9.90. The fraction of sp³-hybridized carbons (Fsp3) is 0.682. The minimum atomic E-state index is -0.552. The molecular weight excluding hydrogens is 338 g/mol. The molecule has 0 bridgehead atoms. The van der Waals surface area contributed by atoms with Gasteiger partial charge >= 0.3 is 0 Å². The standard InChI is InChI=1S/C12H27P.C10H11BO2/c1-4-7-10-13(11-8-5-2)12-9-6-3;1-8(11)10(12)13-7-9-5-3-2-4-6-9/h4-12H2,1-3H3;2-6,8H,7H2,1H3. The van der Waals surface area contributed by atoms with Crippen LogP contribution in [0.15, 0.2) is 30.3 Å². The molecule has 2 nitrogen and oxygen atoms in total. The second-order valence-corrected chi connectivity index (χ2v) is 9.47. The van der Waals surface area contributed by atoms with Crippen molar-refractivity contribution in [2.75, 3.05) is 18.5 Å². The number of unbranched alkanes of at least 4 members (excludes halogenated alkanes) is 3. The predicted octanol–water partition coefficient (Wildman–Crippen LogP) is 6.58. The molecule has 0 heterocycles. The summed E-state index contributed by atoms with van der Waals surface area (Å²) in [6, 6.07) is 9.50. The van der Waals surface area contributed by atoms with Crippen molar-refractivity contribution in [1.82, 2.24) is 0 Å². The molecule has 26 heavy (non-hydrogen) atoms. The molecule has 0 aliphatic carbocycles. The van der Waals surface area contributed by atoms with Gasteiger partial charge in [0.1, 0.15) is 6.61 Å². The van der Waals surface area contributed by atoms with Gasteiger partial charge in [0.05, 0.1) is 7.85 Å². The van der Waals surface area contributed by atoms with Gasteiger partial charge < -0.3 is 4.74 Å². The molecule has 2 radical (unpaired) electrons. The van der Waals surface area contributed by atoms with E-state index in [1.165, 1.54) is 38.5 Å². The van der Waals surface area contributed by atoms with Crippen molar-refractivity contribution in [2.45, 2.75) is 78.6 Å². The summed E-state index contributed by atoms with van der Waals surface area (Å²) in [6.07, 6.45) is 13.2. The molecule has 1 rings (SSSR count). The van der Waals surface area contributed by atoms with Crippen LogP contribution in [0.2, 0.25) is 5.82 Å². The second-order valence-electron chi connectivity index (χ2n) is 6.78. The fourth-order valence-corrected chi connectivity index (χ4v) is 5.30. The third-order valence-electron chi connectivity index (χ3n) is 4.08. The molecule has 146 valence electrons. The van der Waals surface area contributed by atoms with Crippen LogP contribution in [0.5, 0.6) is 0 Å². The summed E-state index contributed by atoms with van der Waals surface area (Å²) < 4.78 is 4.93. The van der Waals surface area contributed by atoms with Crippen LogP contribution in [-0.4, -0.2) is 32.3 Å². The van der Waals surface area contributed by atoms with Crippen molar-refractivity contribution in [3.63, 3.8) is 0 Å².